The van der Waals surface area contributed by atoms with Gasteiger partial charge in [-0.25, -0.2) is 9.59 Å². The lowest BCUT2D eigenvalue weighted by Gasteiger charge is -2.44. The summed E-state index contributed by atoms with van der Waals surface area (Å²) < 4.78 is 22.8. The fraction of sp³-hybridized carbons (Fsp3) is 0.579. The lowest BCUT2D eigenvalue weighted by Crippen LogP contribution is -2.54. The average molecular weight is 361 g/mol. The molecule has 0 saturated carbocycles. The Hall–Kier alpha value is -2.44. The van der Waals surface area contributed by atoms with Crippen molar-refractivity contribution in [1.82, 2.24) is 4.90 Å². The summed E-state index contributed by atoms with van der Waals surface area (Å²) in [7, 11) is 0. The SMILES string of the molecule is CC(C)(C)OC(=O)N1CCC2(CC1)COc1c(ccc3c1COC3=O)O2. The van der Waals surface area contributed by atoms with Gasteiger partial charge in [0.15, 0.2) is 11.5 Å². The fourth-order valence-corrected chi connectivity index (χ4v) is 3.53. The monoisotopic (exact) mass is 361 g/mol. The van der Waals surface area contributed by atoms with Crippen LogP contribution in [0.1, 0.15) is 49.5 Å². The zero-order chi connectivity index (χ0) is 18.5. The molecule has 0 radical (unpaired) electrons. The van der Waals surface area contributed by atoms with Gasteiger partial charge in [0.25, 0.3) is 0 Å². The number of ether oxygens (including phenoxy) is 4. The quantitative estimate of drug-likeness (QED) is 0.662. The smallest absolute Gasteiger partial charge is 0.410 e. The normalized spacial score (nSPS) is 20.6. The average Bonchev–Trinajstić information content (AvgIpc) is 2.95. The Balaban J connectivity index is 1.45. The number of piperidine rings is 1. The van der Waals surface area contributed by atoms with Gasteiger partial charge in [-0.1, -0.05) is 0 Å². The van der Waals surface area contributed by atoms with Crippen molar-refractivity contribution in [2.45, 2.75) is 51.4 Å². The first-order valence-electron chi connectivity index (χ1n) is 8.89. The Morgan fingerprint density at radius 3 is 2.62 bits per heavy atom. The minimum Gasteiger partial charge on any atom is -0.485 e. The molecule has 1 amide bonds. The van der Waals surface area contributed by atoms with Crippen molar-refractivity contribution in [3.63, 3.8) is 0 Å². The van der Waals surface area contributed by atoms with Gasteiger partial charge in [-0.05, 0) is 32.9 Å². The number of benzene rings is 1. The molecule has 3 aliphatic rings. The van der Waals surface area contributed by atoms with E-state index in [0.717, 1.165) is 5.56 Å². The van der Waals surface area contributed by atoms with Gasteiger partial charge in [0.05, 0.1) is 5.56 Å². The molecule has 1 aromatic rings. The van der Waals surface area contributed by atoms with Crippen molar-refractivity contribution in [3.8, 4) is 11.5 Å². The molecule has 3 aliphatic heterocycles. The Morgan fingerprint density at radius 1 is 1.19 bits per heavy atom. The largest absolute Gasteiger partial charge is 0.485 e. The summed E-state index contributed by atoms with van der Waals surface area (Å²) >= 11 is 0. The number of carbonyl (C=O) groups is 2. The molecule has 0 aliphatic carbocycles. The molecule has 0 atom stereocenters. The molecule has 1 saturated heterocycles. The van der Waals surface area contributed by atoms with Crippen molar-refractivity contribution in [2.75, 3.05) is 19.7 Å². The number of carbonyl (C=O) groups excluding carboxylic acids is 2. The second-order valence-electron chi connectivity index (χ2n) is 8.04. The van der Waals surface area contributed by atoms with Gasteiger partial charge in [-0.3, -0.25) is 0 Å². The van der Waals surface area contributed by atoms with E-state index in [1.807, 2.05) is 20.8 Å². The summed E-state index contributed by atoms with van der Waals surface area (Å²) in [5.41, 5.74) is 0.343. The molecule has 7 heteroatoms. The molecule has 26 heavy (non-hydrogen) atoms. The van der Waals surface area contributed by atoms with Crippen molar-refractivity contribution in [3.05, 3.63) is 23.3 Å². The van der Waals surface area contributed by atoms with Crippen LogP contribution in [0.5, 0.6) is 11.5 Å². The van der Waals surface area contributed by atoms with Gasteiger partial charge in [0.1, 0.15) is 24.4 Å². The lowest BCUT2D eigenvalue weighted by molar-refractivity contribution is -0.0564. The summed E-state index contributed by atoms with van der Waals surface area (Å²) in [4.78, 5) is 25.6. The summed E-state index contributed by atoms with van der Waals surface area (Å²) in [5.74, 6) is 0.921. The van der Waals surface area contributed by atoms with Crippen molar-refractivity contribution in [2.24, 2.45) is 0 Å². The van der Waals surface area contributed by atoms with E-state index in [-0.39, 0.29) is 18.7 Å². The third-order valence-corrected chi connectivity index (χ3v) is 4.92. The van der Waals surface area contributed by atoms with Gasteiger partial charge >= 0.3 is 12.1 Å². The van der Waals surface area contributed by atoms with Crippen LogP contribution in [-0.4, -0.2) is 47.9 Å². The van der Waals surface area contributed by atoms with E-state index in [1.54, 1.807) is 17.0 Å². The highest BCUT2D eigenvalue weighted by Gasteiger charge is 2.44. The van der Waals surface area contributed by atoms with E-state index in [4.69, 9.17) is 18.9 Å². The molecule has 0 aromatic heterocycles. The highest BCUT2D eigenvalue weighted by Crippen LogP contribution is 2.44. The summed E-state index contributed by atoms with van der Waals surface area (Å²) in [6, 6.07) is 3.49. The molecule has 0 N–H and O–H groups in total. The fourth-order valence-electron chi connectivity index (χ4n) is 3.53. The van der Waals surface area contributed by atoms with E-state index < -0.39 is 11.2 Å². The van der Waals surface area contributed by atoms with Crippen LogP contribution in [0, 0.1) is 0 Å². The molecule has 4 rings (SSSR count). The first kappa shape index (κ1) is 17.0. The van der Waals surface area contributed by atoms with Crippen LogP contribution >= 0.6 is 0 Å². The number of rotatable bonds is 0. The Morgan fingerprint density at radius 2 is 1.92 bits per heavy atom. The first-order chi connectivity index (χ1) is 12.3. The van der Waals surface area contributed by atoms with E-state index in [0.29, 0.717) is 49.6 Å². The molecule has 3 heterocycles. The maximum absolute atomic E-state index is 12.2. The number of hydrogen-bond donors (Lipinski definition) is 0. The number of esters is 1. The van der Waals surface area contributed by atoms with Crippen LogP contribution in [0.3, 0.4) is 0 Å². The Kier molecular flexibility index (Phi) is 3.78. The van der Waals surface area contributed by atoms with Crippen molar-refractivity contribution < 1.29 is 28.5 Å². The number of nitrogens with zero attached hydrogens (tertiary/aromatic N) is 1. The molecular weight excluding hydrogens is 338 g/mol. The van der Waals surface area contributed by atoms with Crippen LogP contribution in [-0.2, 0) is 16.1 Å². The highest BCUT2D eigenvalue weighted by molar-refractivity contribution is 5.94. The molecule has 1 spiro atoms. The van der Waals surface area contributed by atoms with Crippen LogP contribution in [0.4, 0.5) is 4.79 Å². The molecular formula is C19H23NO6. The van der Waals surface area contributed by atoms with Crippen molar-refractivity contribution >= 4 is 12.1 Å². The topological polar surface area (TPSA) is 74.3 Å². The molecule has 140 valence electrons. The molecule has 1 fully saturated rings. The van der Waals surface area contributed by atoms with E-state index in [2.05, 4.69) is 0 Å². The van der Waals surface area contributed by atoms with Gasteiger partial charge in [0.2, 0.25) is 0 Å². The third kappa shape index (κ3) is 2.95. The van der Waals surface area contributed by atoms with Gasteiger partial charge < -0.3 is 23.8 Å². The van der Waals surface area contributed by atoms with Crippen LogP contribution in [0.25, 0.3) is 0 Å². The number of cyclic esters (lactones) is 1. The van der Waals surface area contributed by atoms with Gasteiger partial charge in [0, 0.05) is 31.5 Å². The number of hydrogen-bond acceptors (Lipinski definition) is 6. The minimum atomic E-state index is -0.504. The molecule has 7 nitrogen and oxygen atoms in total. The van der Waals surface area contributed by atoms with Crippen molar-refractivity contribution in [1.29, 1.82) is 0 Å². The maximum Gasteiger partial charge on any atom is 0.410 e. The minimum absolute atomic E-state index is 0.222. The number of likely N-dealkylation sites (tertiary alicyclic amines) is 1. The van der Waals surface area contributed by atoms with Crippen LogP contribution in [0.2, 0.25) is 0 Å². The lowest BCUT2D eigenvalue weighted by atomic mass is 9.91. The molecule has 0 bridgehead atoms. The van der Waals surface area contributed by atoms with Gasteiger partial charge in [-0.2, -0.15) is 0 Å². The third-order valence-electron chi connectivity index (χ3n) is 4.92. The summed E-state index contributed by atoms with van der Waals surface area (Å²) in [6.07, 6.45) is 1.04. The standard InChI is InChI=1S/C19H23NO6/c1-18(2,3)26-17(22)20-8-6-19(7-9-20)11-24-15-13-10-23-16(21)12(13)4-5-14(15)25-19/h4-5H,6-11H2,1-3H3. The second-order valence-corrected chi connectivity index (χ2v) is 8.04. The molecule has 0 unspecified atom stereocenters. The van der Waals surface area contributed by atoms with Gasteiger partial charge in [-0.15, -0.1) is 0 Å². The zero-order valence-corrected chi connectivity index (χ0v) is 15.3. The zero-order valence-electron chi connectivity index (χ0n) is 15.3. The number of amides is 1. The van der Waals surface area contributed by atoms with Crippen LogP contribution in [0.15, 0.2) is 12.1 Å². The Labute approximate surface area is 152 Å². The number of fused-ring (bicyclic) bond motifs is 3. The van der Waals surface area contributed by atoms with E-state index in [9.17, 15) is 9.59 Å². The first-order valence-corrected chi connectivity index (χ1v) is 8.89. The van der Waals surface area contributed by atoms with E-state index >= 15 is 0 Å². The summed E-state index contributed by atoms with van der Waals surface area (Å²) in [5, 5.41) is 0. The van der Waals surface area contributed by atoms with Crippen LogP contribution < -0.4 is 9.47 Å². The highest BCUT2D eigenvalue weighted by atomic mass is 16.6. The predicted molar refractivity (Wildman–Crippen MR) is 91.5 cm³/mol. The maximum atomic E-state index is 12.2. The Bertz CT molecular complexity index is 758. The molecule has 1 aromatic carbocycles. The summed E-state index contributed by atoms with van der Waals surface area (Å²) in [6.45, 7) is 7.31. The second kappa shape index (κ2) is 5.79. The predicted octanol–water partition coefficient (Wildman–Crippen LogP) is 2.90. The van der Waals surface area contributed by atoms with E-state index in [1.165, 1.54) is 0 Å².